The molecular weight excluding hydrogens is 212 g/mol. The molecule has 2 N–H and O–H groups in total. The molecule has 0 saturated heterocycles. The van der Waals surface area contributed by atoms with Gasteiger partial charge >= 0.3 is 5.69 Å². The molecule has 1 aromatic rings. The highest BCUT2D eigenvalue weighted by Crippen LogP contribution is 2.32. The highest BCUT2D eigenvalue weighted by Gasteiger charge is 2.28. The van der Waals surface area contributed by atoms with Crippen LogP contribution in [0.15, 0.2) is 6.33 Å². The Morgan fingerprint density at radius 2 is 2.12 bits per heavy atom. The third-order valence-corrected chi connectivity index (χ3v) is 2.41. The number of nitro groups is 1. The van der Waals surface area contributed by atoms with Gasteiger partial charge in [-0.2, -0.15) is 4.98 Å². The van der Waals surface area contributed by atoms with Gasteiger partial charge in [0, 0.05) is 12.0 Å². The molecule has 16 heavy (non-hydrogen) atoms. The third kappa shape index (κ3) is 2.25. The Morgan fingerprint density at radius 3 is 2.56 bits per heavy atom. The summed E-state index contributed by atoms with van der Waals surface area (Å²) in [6.45, 7) is 3.54. The number of hydrogen-bond acceptors (Lipinski definition) is 6. The molecule has 1 rings (SSSR count). The van der Waals surface area contributed by atoms with Crippen molar-refractivity contribution >= 4 is 5.69 Å². The smallest absolute Gasteiger partial charge is 0.352 e. The highest BCUT2D eigenvalue weighted by atomic mass is 16.6. The van der Waals surface area contributed by atoms with Gasteiger partial charge in [-0.05, 0) is 6.92 Å². The summed E-state index contributed by atoms with van der Waals surface area (Å²) in [7, 11) is 1.33. The molecule has 0 radical (unpaired) electrons. The van der Waals surface area contributed by atoms with E-state index in [9.17, 15) is 10.1 Å². The number of nitrogens with two attached hydrogens (primary N) is 1. The minimum absolute atomic E-state index is 0.0394. The lowest BCUT2D eigenvalue weighted by Gasteiger charge is -2.15. The van der Waals surface area contributed by atoms with Gasteiger partial charge in [0.2, 0.25) is 0 Å². The number of ether oxygens (including phenoxy) is 1. The fraction of sp³-hybridized carbons (Fsp3) is 0.556. The summed E-state index contributed by atoms with van der Waals surface area (Å²) in [5, 5.41) is 10.9. The van der Waals surface area contributed by atoms with Gasteiger partial charge in [-0.3, -0.25) is 10.1 Å². The second-order valence-corrected chi connectivity index (χ2v) is 3.52. The van der Waals surface area contributed by atoms with Crippen LogP contribution in [0.3, 0.4) is 0 Å². The minimum Gasteiger partial charge on any atom is -0.476 e. The third-order valence-electron chi connectivity index (χ3n) is 2.41. The van der Waals surface area contributed by atoms with E-state index >= 15 is 0 Å². The van der Waals surface area contributed by atoms with Crippen molar-refractivity contribution in [2.24, 2.45) is 5.73 Å². The molecule has 1 aromatic heterocycles. The van der Waals surface area contributed by atoms with Crippen LogP contribution in [0.4, 0.5) is 5.69 Å². The topological polar surface area (TPSA) is 104 Å². The Hall–Kier alpha value is -1.76. The molecule has 0 fully saturated rings. The lowest BCUT2D eigenvalue weighted by atomic mass is 9.99. The first kappa shape index (κ1) is 12.3. The van der Waals surface area contributed by atoms with Crippen LogP contribution in [0.5, 0.6) is 5.88 Å². The highest BCUT2D eigenvalue weighted by molar-refractivity contribution is 5.46. The largest absolute Gasteiger partial charge is 0.476 e. The van der Waals surface area contributed by atoms with E-state index in [4.69, 9.17) is 10.5 Å². The van der Waals surface area contributed by atoms with Crippen LogP contribution in [-0.4, -0.2) is 28.0 Å². The maximum absolute atomic E-state index is 10.9. The van der Waals surface area contributed by atoms with Gasteiger partial charge in [0.05, 0.1) is 12.0 Å². The summed E-state index contributed by atoms with van der Waals surface area (Å²) >= 11 is 0. The van der Waals surface area contributed by atoms with Crippen molar-refractivity contribution in [2.45, 2.75) is 25.8 Å². The monoisotopic (exact) mass is 226 g/mol. The summed E-state index contributed by atoms with van der Waals surface area (Å²) in [5.41, 5.74) is 5.79. The van der Waals surface area contributed by atoms with Gasteiger partial charge in [0.1, 0.15) is 12.0 Å². The first-order valence-electron chi connectivity index (χ1n) is 4.77. The number of nitrogens with zero attached hydrogens (tertiary/aromatic N) is 3. The normalized spacial score (nSPS) is 14.2. The molecule has 2 atom stereocenters. The van der Waals surface area contributed by atoms with Crippen molar-refractivity contribution < 1.29 is 9.66 Å². The first-order chi connectivity index (χ1) is 7.49. The maximum atomic E-state index is 10.9. The average molecular weight is 226 g/mol. The summed E-state index contributed by atoms with van der Waals surface area (Å²) in [5.74, 6) is -0.278. The summed E-state index contributed by atoms with van der Waals surface area (Å²) in [6, 6.07) is -0.238. The fourth-order valence-corrected chi connectivity index (χ4v) is 1.28. The van der Waals surface area contributed by atoms with Crippen LogP contribution >= 0.6 is 0 Å². The van der Waals surface area contributed by atoms with Gasteiger partial charge in [0.15, 0.2) is 0 Å². The summed E-state index contributed by atoms with van der Waals surface area (Å²) in [4.78, 5) is 18.0. The molecular formula is C9H14N4O3. The molecule has 0 saturated carbocycles. The molecule has 88 valence electrons. The maximum Gasteiger partial charge on any atom is 0.352 e. The van der Waals surface area contributed by atoms with E-state index in [2.05, 4.69) is 9.97 Å². The predicted octanol–water partition coefficient (Wildman–Crippen LogP) is 0.844. The Bertz CT molecular complexity index is 394. The molecule has 0 aliphatic rings. The Balaban J connectivity index is 3.33. The molecule has 0 spiro atoms. The van der Waals surface area contributed by atoms with E-state index in [1.807, 2.05) is 0 Å². The molecule has 7 nitrogen and oxygen atoms in total. The lowest BCUT2D eigenvalue weighted by Crippen LogP contribution is -2.24. The number of hydrogen-bond donors (Lipinski definition) is 1. The molecule has 0 aromatic carbocycles. The van der Waals surface area contributed by atoms with Crippen LogP contribution in [0.1, 0.15) is 25.5 Å². The second kappa shape index (κ2) is 4.84. The number of methoxy groups -OCH3 is 1. The summed E-state index contributed by atoms with van der Waals surface area (Å²) in [6.07, 6.45) is 1.24. The van der Waals surface area contributed by atoms with Crippen LogP contribution in [-0.2, 0) is 0 Å². The van der Waals surface area contributed by atoms with Crippen molar-refractivity contribution in [1.29, 1.82) is 0 Å². The number of rotatable bonds is 4. The minimum atomic E-state index is -0.549. The molecule has 1 heterocycles. The molecule has 0 aliphatic heterocycles. The van der Waals surface area contributed by atoms with E-state index in [-0.39, 0.29) is 23.5 Å². The van der Waals surface area contributed by atoms with Gasteiger partial charge in [-0.1, -0.05) is 6.92 Å². The Kier molecular flexibility index (Phi) is 3.73. The number of aromatic nitrogens is 2. The van der Waals surface area contributed by atoms with Crippen molar-refractivity contribution in [2.75, 3.05) is 7.11 Å². The molecule has 7 heteroatoms. The molecule has 0 aliphatic carbocycles. The molecule has 2 unspecified atom stereocenters. The van der Waals surface area contributed by atoms with Gasteiger partial charge in [-0.25, -0.2) is 4.98 Å². The van der Waals surface area contributed by atoms with Crippen LogP contribution in [0.2, 0.25) is 0 Å². The zero-order chi connectivity index (χ0) is 12.3. The van der Waals surface area contributed by atoms with E-state index < -0.39 is 4.92 Å². The fourth-order valence-electron chi connectivity index (χ4n) is 1.28. The SMILES string of the molecule is COc1ncnc(C(C)C(C)N)c1[N+](=O)[O-]. The van der Waals surface area contributed by atoms with Crippen molar-refractivity contribution in [3.05, 3.63) is 22.1 Å². The Labute approximate surface area is 92.8 Å². The van der Waals surface area contributed by atoms with E-state index in [1.54, 1.807) is 13.8 Å². The van der Waals surface area contributed by atoms with Crippen molar-refractivity contribution in [3.63, 3.8) is 0 Å². The van der Waals surface area contributed by atoms with Gasteiger partial charge in [-0.15, -0.1) is 0 Å². The zero-order valence-corrected chi connectivity index (χ0v) is 9.38. The van der Waals surface area contributed by atoms with E-state index in [0.717, 1.165) is 0 Å². The zero-order valence-electron chi connectivity index (χ0n) is 9.38. The van der Waals surface area contributed by atoms with Gasteiger partial charge in [0.25, 0.3) is 5.88 Å². The van der Waals surface area contributed by atoms with Crippen LogP contribution < -0.4 is 10.5 Å². The standard InChI is InChI=1S/C9H14N4O3/c1-5(6(2)10)7-8(13(14)15)9(16-3)12-4-11-7/h4-6H,10H2,1-3H3. The van der Waals surface area contributed by atoms with E-state index in [0.29, 0.717) is 5.69 Å². The molecule has 0 bridgehead atoms. The van der Waals surface area contributed by atoms with Crippen LogP contribution in [0, 0.1) is 10.1 Å². The van der Waals surface area contributed by atoms with Crippen molar-refractivity contribution in [3.8, 4) is 5.88 Å². The van der Waals surface area contributed by atoms with Gasteiger partial charge < -0.3 is 10.5 Å². The van der Waals surface area contributed by atoms with Crippen LogP contribution in [0.25, 0.3) is 0 Å². The lowest BCUT2D eigenvalue weighted by molar-refractivity contribution is -0.387. The summed E-state index contributed by atoms with van der Waals surface area (Å²) < 4.78 is 4.84. The molecule has 0 amide bonds. The second-order valence-electron chi connectivity index (χ2n) is 3.52. The predicted molar refractivity (Wildman–Crippen MR) is 57.3 cm³/mol. The average Bonchev–Trinajstić information content (AvgIpc) is 2.26. The Morgan fingerprint density at radius 1 is 1.50 bits per heavy atom. The van der Waals surface area contributed by atoms with E-state index in [1.165, 1.54) is 13.4 Å². The first-order valence-corrected chi connectivity index (χ1v) is 4.77. The quantitative estimate of drug-likeness (QED) is 0.602. The van der Waals surface area contributed by atoms with Crippen molar-refractivity contribution in [1.82, 2.24) is 9.97 Å².